The number of aromatic nitrogens is 1. The molecular formula is C18H22FN3O2S. The van der Waals surface area contributed by atoms with Crippen LogP contribution in [-0.4, -0.2) is 42.7 Å². The number of halogens is 1. The molecule has 1 unspecified atom stereocenters. The Morgan fingerprint density at radius 2 is 1.96 bits per heavy atom. The van der Waals surface area contributed by atoms with Gasteiger partial charge in [-0.05, 0) is 36.6 Å². The van der Waals surface area contributed by atoms with Crippen molar-refractivity contribution >= 4 is 10.2 Å². The molecule has 0 amide bonds. The molecule has 2 heterocycles. The van der Waals surface area contributed by atoms with Gasteiger partial charge in [0.2, 0.25) is 0 Å². The molecule has 0 aliphatic carbocycles. The summed E-state index contributed by atoms with van der Waals surface area (Å²) in [6.45, 7) is 0.490. The Labute approximate surface area is 148 Å². The van der Waals surface area contributed by atoms with E-state index in [1.807, 2.05) is 18.2 Å². The monoisotopic (exact) mass is 363 g/mol. The maximum atomic E-state index is 13.9. The van der Waals surface area contributed by atoms with Crippen molar-refractivity contribution in [3.05, 3.63) is 65.2 Å². The highest BCUT2D eigenvalue weighted by molar-refractivity contribution is 7.86. The average molecular weight is 363 g/mol. The molecule has 0 bridgehead atoms. The lowest BCUT2D eigenvalue weighted by atomic mass is 10.1. The molecule has 134 valence electrons. The van der Waals surface area contributed by atoms with Crippen LogP contribution in [0.2, 0.25) is 0 Å². The van der Waals surface area contributed by atoms with Gasteiger partial charge in [0.1, 0.15) is 5.82 Å². The summed E-state index contributed by atoms with van der Waals surface area (Å²) in [6.07, 6.45) is 1.92. The van der Waals surface area contributed by atoms with E-state index in [0.717, 1.165) is 24.2 Å². The Morgan fingerprint density at radius 1 is 1.20 bits per heavy atom. The Hall–Kier alpha value is -1.83. The first kappa shape index (κ1) is 18.0. The highest BCUT2D eigenvalue weighted by Crippen LogP contribution is 2.34. The predicted molar refractivity (Wildman–Crippen MR) is 94.7 cm³/mol. The molecule has 1 aromatic heterocycles. The van der Waals surface area contributed by atoms with Crippen LogP contribution in [-0.2, 0) is 16.6 Å². The van der Waals surface area contributed by atoms with Crippen molar-refractivity contribution in [2.45, 2.75) is 25.3 Å². The summed E-state index contributed by atoms with van der Waals surface area (Å²) in [7, 11) is -0.417. The van der Waals surface area contributed by atoms with Gasteiger partial charge in [-0.1, -0.05) is 24.3 Å². The molecule has 1 atom stereocenters. The van der Waals surface area contributed by atoms with Crippen molar-refractivity contribution in [2.75, 3.05) is 20.6 Å². The zero-order valence-electron chi connectivity index (χ0n) is 14.4. The first-order valence-electron chi connectivity index (χ1n) is 8.28. The van der Waals surface area contributed by atoms with Crippen molar-refractivity contribution in [2.24, 2.45) is 0 Å². The molecule has 2 aromatic rings. The van der Waals surface area contributed by atoms with Gasteiger partial charge < -0.3 is 0 Å². The summed E-state index contributed by atoms with van der Waals surface area (Å²) in [6, 6.07) is 11.9. The van der Waals surface area contributed by atoms with Crippen LogP contribution in [0.15, 0.2) is 42.5 Å². The van der Waals surface area contributed by atoms with Crippen molar-refractivity contribution in [1.82, 2.24) is 13.6 Å². The lowest BCUT2D eigenvalue weighted by Gasteiger charge is -2.26. The molecule has 1 saturated heterocycles. The highest BCUT2D eigenvalue weighted by atomic mass is 32.2. The number of hydrogen-bond donors (Lipinski definition) is 0. The van der Waals surface area contributed by atoms with Gasteiger partial charge in [0.15, 0.2) is 0 Å². The number of nitrogens with zero attached hydrogens (tertiary/aromatic N) is 3. The molecule has 5 nitrogen and oxygen atoms in total. The van der Waals surface area contributed by atoms with Crippen molar-refractivity contribution in [1.29, 1.82) is 0 Å². The van der Waals surface area contributed by atoms with Gasteiger partial charge in [-0.2, -0.15) is 17.0 Å². The Kier molecular flexibility index (Phi) is 5.17. The quantitative estimate of drug-likeness (QED) is 0.821. The van der Waals surface area contributed by atoms with Crippen LogP contribution >= 0.6 is 0 Å². The highest BCUT2D eigenvalue weighted by Gasteiger charge is 2.37. The van der Waals surface area contributed by atoms with E-state index in [2.05, 4.69) is 4.98 Å². The molecule has 0 spiro atoms. The van der Waals surface area contributed by atoms with Crippen LogP contribution in [0, 0.1) is 5.82 Å². The van der Waals surface area contributed by atoms with Crippen LogP contribution in [0.4, 0.5) is 4.39 Å². The molecule has 1 aromatic carbocycles. The second-order valence-corrected chi connectivity index (χ2v) is 8.48. The minimum absolute atomic E-state index is 0.257. The topological polar surface area (TPSA) is 53.5 Å². The van der Waals surface area contributed by atoms with Crippen LogP contribution in [0.1, 0.15) is 35.8 Å². The fraction of sp³-hybridized carbons (Fsp3) is 0.389. The lowest BCUT2D eigenvalue weighted by molar-refractivity contribution is 0.357. The summed E-state index contributed by atoms with van der Waals surface area (Å²) in [5, 5.41) is 0. The zero-order chi connectivity index (χ0) is 18.0. The van der Waals surface area contributed by atoms with E-state index in [0.29, 0.717) is 18.5 Å². The van der Waals surface area contributed by atoms with Gasteiger partial charge in [0.25, 0.3) is 10.2 Å². The number of benzene rings is 1. The van der Waals surface area contributed by atoms with Gasteiger partial charge in [0.05, 0.1) is 11.7 Å². The standard InChI is InChI=1S/C18H22FN3O2S/c1-21(2)25(23,24)22-12-6-11-18(22)17-10-5-8-15(20-17)13-14-7-3-4-9-16(14)19/h3-5,7-10,18H,6,11-13H2,1-2H3. The first-order chi connectivity index (χ1) is 11.9. The maximum absolute atomic E-state index is 13.9. The second kappa shape index (κ2) is 7.19. The molecular weight excluding hydrogens is 341 g/mol. The second-order valence-electron chi connectivity index (χ2n) is 6.38. The maximum Gasteiger partial charge on any atom is 0.282 e. The third kappa shape index (κ3) is 3.73. The smallest absolute Gasteiger partial charge is 0.256 e. The molecule has 0 saturated carbocycles. The fourth-order valence-corrected chi connectivity index (χ4v) is 4.46. The lowest BCUT2D eigenvalue weighted by Crippen LogP contribution is -2.39. The van der Waals surface area contributed by atoms with Gasteiger partial charge in [-0.15, -0.1) is 0 Å². The van der Waals surface area contributed by atoms with Crippen molar-refractivity contribution in [3.63, 3.8) is 0 Å². The Balaban J connectivity index is 1.87. The average Bonchev–Trinajstić information content (AvgIpc) is 3.07. The van der Waals surface area contributed by atoms with Crippen molar-refractivity contribution in [3.8, 4) is 0 Å². The molecule has 25 heavy (non-hydrogen) atoms. The van der Waals surface area contributed by atoms with Gasteiger partial charge >= 0.3 is 0 Å². The fourth-order valence-electron chi connectivity index (χ4n) is 3.14. The minimum atomic E-state index is -3.49. The van der Waals surface area contributed by atoms with Crippen molar-refractivity contribution < 1.29 is 12.8 Å². The number of pyridine rings is 1. The SMILES string of the molecule is CN(C)S(=O)(=O)N1CCCC1c1cccc(Cc2ccccc2F)n1. The third-order valence-electron chi connectivity index (χ3n) is 4.46. The predicted octanol–water partition coefficient (Wildman–Crippen LogP) is 2.75. The summed E-state index contributed by atoms with van der Waals surface area (Å²) in [4.78, 5) is 4.62. The zero-order valence-corrected chi connectivity index (χ0v) is 15.2. The van der Waals surface area contributed by atoms with E-state index in [9.17, 15) is 12.8 Å². The van der Waals surface area contributed by atoms with Gasteiger partial charge in [-0.25, -0.2) is 4.39 Å². The van der Waals surface area contributed by atoms with E-state index in [-0.39, 0.29) is 11.9 Å². The Bertz CT molecular complexity index is 855. The van der Waals surface area contributed by atoms with Crippen LogP contribution in [0.25, 0.3) is 0 Å². The van der Waals surface area contributed by atoms with E-state index in [1.165, 1.54) is 28.8 Å². The van der Waals surface area contributed by atoms with E-state index < -0.39 is 10.2 Å². The molecule has 7 heteroatoms. The normalized spacial score (nSPS) is 18.8. The molecule has 1 fully saturated rings. The molecule has 0 N–H and O–H groups in total. The number of rotatable bonds is 5. The first-order valence-corrected chi connectivity index (χ1v) is 9.68. The molecule has 1 aliphatic rings. The van der Waals surface area contributed by atoms with Crippen LogP contribution in [0.5, 0.6) is 0 Å². The van der Waals surface area contributed by atoms with E-state index >= 15 is 0 Å². The minimum Gasteiger partial charge on any atom is -0.256 e. The summed E-state index contributed by atoms with van der Waals surface area (Å²) >= 11 is 0. The molecule has 1 aliphatic heterocycles. The molecule has 3 rings (SSSR count). The summed E-state index contributed by atoms with van der Waals surface area (Å²) in [5.74, 6) is -0.257. The molecule has 0 radical (unpaired) electrons. The number of hydrogen-bond acceptors (Lipinski definition) is 3. The van der Waals surface area contributed by atoms with Gasteiger partial charge in [0, 0.05) is 32.8 Å². The summed E-state index contributed by atoms with van der Waals surface area (Å²) in [5.41, 5.74) is 2.03. The largest absolute Gasteiger partial charge is 0.282 e. The van der Waals surface area contributed by atoms with Crippen LogP contribution in [0.3, 0.4) is 0 Å². The van der Waals surface area contributed by atoms with Gasteiger partial charge in [-0.3, -0.25) is 4.98 Å². The summed E-state index contributed by atoms with van der Waals surface area (Å²) < 4.78 is 41.6. The third-order valence-corrected chi connectivity index (χ3v) is 6.41. The van der Waals surface area contributed by atoms with E-state index in [4.69, 9.17) is 0 Å². The Morgan fingerprint density at radius 3 is 2.68 bits per heavy atom. The van der Waals surface area contributed by atoms with E-state index in [1.54, 1.807) is 18.2 Å². The van der Waals surface area contributed by atoms with Crippen LogP contribution < -0.4 is 0 Å².